The molecule has 1 heterocycles. The quantitative estimate of drug-likeness (QED) is 0.207. The molecule has 0 bridgehead atoms. The van der Waals surface area contributed by atoms with E-state index in [-0.39, 0.29) is 10.8 Å². The highest BCUT2D eigenvalue weighted by atomic mass is 15.2. The van der Waals surface area contributed by atoms with E-state index in [1.54, 1.807) is 0 Å². The van der Waals surface area contributed by atoms with E-state index in [0.717, 1.165) is 0 Å². The summed E-state index contributed by atoms with van der Waals surface area (Å²) in [6.07, 6.45) is 0. The van der Waals surface area contributed by atoms with Crippen molar-refractivity contribution >= 4 is 17.1 Å². The molecule has 6 aromatic rings. The van der Waals surface area contributed by atoms with E-state index in [9.17, 15) is 0 Å². The minimum absolute atomic E-state index is 0.0751. The number of para-hydroxylation sites is 2. The van der Waals surface area contributed by atoms with Gasteiger partial charge >= 0.3 is 0 Å². The molecule has 194 valence electrons. The lowest BCUT2D eigenvalue weighted by Gasteiger charge is -2.42. The number of rotatable bonds is 1. The summed E-state index contributed by atoms with van der Waals surface area (Å²) in [5.41, 5.74) is 16.9. The first-order valence-corrected chi connectivity index (χ1v) is 14.5. The number of fused-ring (bicyclic) bond motifs is 12. The Morgan fingerprint density at radius 1 is 0.390 bits per heavy atom. The van der Waals surface area contributed by atoms with Crippen molar-refractivity contribution in [2.45, 2.75) is 24.7 Å². The summed E-state index contributed by atoms with van der Waals surface area (Å²) in [5, 5.41) is 0. The van der Waals surface area contributed by atoms with E-state index in [4.69, 9.17) is 0 Å². The van der Waals surface area contributed by atoms with Gasteiger partial charge < -0.3 is 4.90 Å². The molecule has 0 saturated heterocycles. The Morgan fingerprint density at radius 2 is 0.780 bits per heavy atom. The molecule has 1 spiro atoms. The lowest BCUT2D eigenvalue weighted by molar-refractivity contribution is 0.632. The summed E-state index contributed by atoms with van der Waals surface area (Å²) in [6, 6.07) is 52.1. The number of nitrogens with zero attached hydrogens (tertiary/aromatic N) is 1. The third kappa shape index (κ3) is 2.71. The standard InChI is InChI=1S/C40H29N/c1-39(2)35-19-9-11-21-37(35)41(38-22-12-10-20-36(38)39)26-23-24-34-30(25-26)29-15-5-8-18-33(29)40(34)31-16-6-3-13-27(31)28-14-4-7-17-32(28)40/h3-25H,1-2H3. The predicted octanol–water partition coefficient (Wildman–Crippen LogP) is 10.1. The third-order valence-corrected chi connectivity index (χ3v) is 9.88. The third-order valence-electron chi connectivity index (χ3n) is 9.88. The van der Waals surface area contributed by atoms with Gasteiger partial charge in [-0.3, -0.25) is 0 Å². The van der Waals surface area contributed by atoms with Gasteiger partial charge in [-0.2, -0.15) is 0 Å². The van der Waals surface area contributed by atoms with Crippen LogP contribution in [-0.4, -0.2) is 0 Å². The van der Waals surface area contributed by atoms with Crippen LogP contribution >= 0.6 is 0 Å². The van der Waals surface area contributed by atoms with Gasteiger partial charge in [0.15, 0.2) is 0 Å². The maximum atomic E-state index is 2.47. The molecule has 0 saturated carbocycles. The first-order chi connectivity index (χ1) is 20.1. The molecule has 41 heavy (non-hydrogen) atoms. The van der Waals surface area contributed by atoms with Gasteiger partial charge in [0, 0.05) is 11.1 Å². The van der Waals surface area contributed by atoms with E-state index in [2.05, 4.69) is 158 Å². The highest BCUT2D eigenvalue weighted by molar-refractivity contribution is 5.97. The highest BCUT2D eigenvalue weighted by Gasteiger charge is 2.51. The molecule has 0 unspecified atom stereocenters. The molecule has 3 aliphatic rings. The van der Waals surface area contributed by atoms with Crippen molar-refractivity contribution < 1.29 is 0 Å². The fourth-order valence-electron chi connectivity index (χ4n) is 8.17. The van der Waals surface area contributed by atoms with Crippen molar-refractivity contribution in [3.05, 3.63) is 173 Å². The molecular formula is C40H29N. The Labute approximate surface area is 241 Å². The lowest BCUT2D eigenvalue weighted by Crippen LogP contribution is -2.30. The largest absolute Gasteiger partial charge is 0.310 e. The van der Waals surface area contributed by atoms with Crippen molar-refractivity contribution in [1.82, 2.24) is 0 Å². The SMILES string of the molecule is CC1(C)c2ccccc2N(c2ccc3c(c2)-c2ccccc2C32c3ccccc3-c3ccccc32)c2ccccc21. The van der Waals surface area contributed by atoms with Gasteiger partial charge in [0.1, 0.15) is 0 Å². The molecular weight excluding hydrogens is 494 g/mol. The summed E-state index contributed by atoms with van der Waals surface area (Å²) in [6.45, 7) is 4.69. The number of hydrogen-bond donors (Lipinski definition) is 0. The first kappa shape index (κ1) is 22.9. The molecule has 0 atom stereocenters. The van der Waals surface area contributed by atoms with Crippen LogP contribution in [0.5, 0.6) is 0 Å². The second-order valence-corrected chi connectivity index (χ2v) is 12.1. The van der Waals surface area contributed by atoms with E-state index >= 15 is 0 Å². The summed E-state index contributed by atoms with van der Waals surface area (Å²) in [5.74, 6) is 0. The normalized spacial score (nSPS) is 15.9. The fraction of sp³-hybridized carbons (Fsp3) is 0.100. The lowest BCUT2D eigenvalue weighted by atomic mass is 9.70. The molecule has 6 aromatic carbocycles. The molecule has 0 fully saturated rings. The average molecular weight is 524 g/mol. The van der Waals surface area contributed by atoms with Crippen LogP contribution in [0.2, 0.25) is 0 Å². The minimum atomic E-state index is -0.308. The number of benzene rings is 6. The van der Waals surface area contributed by atoms with E-state index < -0.39 is 0 Å². The predicted molar refractivity (Wildman–Crippen MR) is 170 cm³/mol. The van der Waals surface area contributed by atoms with E-state index in [1.807, 2.05) is 0 Å². The van der Waals surface area contributed by atoms with Crippen molar-refractivity contribution in [2.75, 3.05) is 4.90 Å². The Kier molecular flexibility index (Phi) is 4.39. The summed E-state index contributed by atoms with van der Waals surface area (Å²) < 4.78 is 0. The van der Waals surface area contributed by atoms with Crippen LogP contribution in [0.25, 0.3) is 22.3 Å². The zero-order valence-electron chi connectivity index (χ0n) is 23.2. The van der Waals surface area contributed by atoms with Crippen LogP contribution in [-0.2, 0) is 10.8 Å². The average Bonchev–Trinajstić information content (AvgIpc) is 3.49. The van der Waals surface area contributed by atoms with Gasteiger partial charge in [-0.05, 0) is 79.9 Å². The first-order valence-electron chi connectivity index (χ1n) is 14.5. The van der Waals surface area contributed by atoms with E-state index in [1.165, 1.54) is 72.7 Å². The molecule has 0 N–H and O–H groups in total. The van der Waals surface area contributed by atoms with Gasteiger partial charge in [-0.15, -0.1) is 0 Å². The van der Waals surface area contributed by atoms with Crippen molar-refractivity contribution in [3.8, 4) is 22.3 Å². The molecule has 2 aliphatic carbocycles. The Balaban J connectivity index is 1.34. The monoisotopic (exact) mass is 523 g/mol. The second kappa shape index (κ2) is 7.86. The van der Waals surface area contributed by atoms with Crippen molar-refractivity contribution in [1.29, 1.82) is 0 Å². The van der Waals surface area contributed by atoms with Gasteiger partial charge in [-0.25, -0.2) is 0 Å². The Bertz CT molecular complexity index is 1950. The second-order valence-electron chi connectivity index (χ2n) is 12.1. The zero-order valence-corrected chi connectivity index (χ0v) is 23.2. The minimum Gasteiger partial charge on any atom is -0.310 e. The number of hydrogen-bond acceptors (Lipinski definition) is 1. The number of anilines is 3. The maximum Gasteiger partial charge on any atom is 0.0725 e. The molecule has 1 heteroatoms. The molecule has 0 amide bonds. The fourth-order valence-corrected chi connectivity index (χ4v) is 8.17. The molecule has 1 aliphatic heterocycles. The summed E-state index contributed by atoms with van der Waals surface area (Å²) in [4.78, 5) is 2.47. The van der Waals surface area contributed by atoms with Crippen LogP contribution in [0.15, 0.2) is 140 Å². The van der Waals surface area contributed by atoms with Gasteiger partial charge in [0.05, 0.1) is 16.8 Å². The molecule has 1 nitrogen and oxygen atoms in total. The van der Waals surface area contributed by atoms with Crippen LogP contribution in [0.3, 0.4) is 0 Å². The van der Waals surface area contributed by atoms with Gasteiger partial charge in [0.25, 0.3) is 0 Å². The molecule has 0 aromatic heterocycles. The maximum absolute atomic E-state index is 2.47. The van der Waals surface area contributed by atoms with Gasteiger partial charge in [-0.1, -0.05) is 129 Å². The molecule has 9 rings (SSSR count). The Hall–Kier alpha value is -4.88. The van der Waals surface area contributed by atoms with Crippen LogP contribution in [0.1, 0.15) is 47.2 Å². The van der Waals surface area contributed by atoms with Crippen LogP contribution in [0.4, 0.5) is 17.1 Å². The summed E-state index contributed by atoms with van der Waals surface area (Å²) in [7, 11) is 0. The molecule has 0 radical (unpaired) electrons. The smallest absolute Gasteiger partial charge is 0.0725 e. The van der Waals surface area contributed by atoms with Crippen LogP contribution in [0, 0.1) is 0 Å². The topological polar surface area (TPSA) is 3.24 Å². The van der Waals surface area contributed by atoms with Crippen molar-refractivity contribution in [3.63, 3.8) is 0 Å². The summed E-state index contributed by atoms with van der Waals surface area (Å²) >= 11 is 0. The van der Waals surface area contributed by atoms with Gasteiger partial charge in [0.2, 0.25) is 0 Å². The Morgan fingerprint density at radius 3 is 1.29 bits per heavy atom. The van der Waals surface area contributed by atoms with Crippen molar-refractivity contribution in [2.24, 2.45) is 0 Å². The zero-order chi connectivity index (χ0) is 27.3. The highest BCUT2D eigenvalue weighted by Crippen LogP contribution is 2.63. The van der Waals surface area contributed by atoms with E-state index in [0.29, 0.717) is 0 Å². The van der Waals surface area contributed by atoms with Crippen LogP contribution < -0.4 is 4.90 Å².